The number of nitro benzene ring substituents is 1. The number of para-hydroxylation sites is 1. The summed E-state index contributed by atoms with van der Waals surface area (Å²) in [6.07, 6.45) is 1.17. The predicted molar refractivity (Wildman–Crippen MR) is 104 cm³/mol. The highest BCUT2D eigenvalue weighted by Gasteiger charge is 2.34. The molecular formula is C18H13N3O6S. The van der Waals surface area contributed by atoms with Gasteiger partial charge in [-0.25, -0.2) is 0 Å². The zero-order valence-electron chi connectivity index (χ0n) is 14.4. The number of rotatable bonds is 4. The van der Waals surface area contributed by atoms with E-state index in [4.69, 9.17) is 17.0 Å². The number of benzene rings is 2. The van der Waals surface area contributed by atoms with E-state index in [0.717, 1.165) is 11.0 Å². The molecule has 0 spiro atoms. The Morgan fingerprint density at radius 2 is 1.93 bits per heavy atom. The molecule has 2 N–H and O–H groups in total. The van der Waals surface area contributed by atoms with E-state index in [1.165, 1.54) is 19.3 Å². The Labute approximate surface area is 164 Å². The van der Waals surface area contributed by atoms with Crippen molar-refractivity contribution in [3.05, 3.63) is 63.7 Å². The maximum atomic E-state index is 12.9. The molecule has 28 heavy (non-hydrogen) atoms. The summed E-state index contributed by atoms with van der Waals surface area (Å²) in [5, 5.41) is 23.3. The maximum Gasteiger partial charge on any atom is 0.315 e. The van der Waals surface area contributed by atoms with Crippen LogP contribution in [0.25, 0.3) is 6.08 Å². The van der Waals surface area contributed by atoms with Crippen molar-refractivity contribution in [1.82, 2.24) is 5.32 Å². The molecule has 1 saturated heterocycles. The second-order valence-corrected chi connectivity index (χ2v) is 6.03. The Hall–Kier alpha value is -3.79. The Morgan fingerprint density at radius 1 is 1.25 bits per heavy atom. The minimum absolute atomic E-state index is 0.0763. The Kier molecular flexibility index (Phi) is 5.05. The van der Waals surface area contributed by atoms with E-state index in [-0.39, 0.29) is 22.0 Å². The molecule has 0 bridgehead atoms. The average molecular weight is 399 g/mol. The van der Waals surface area contributed by atoms with Gasteiger partial charge in [-0.05, 0) is 42.1 Å². The second-order valence-electron chi connectivity index (χ2n) is 5.64. The highest BCUT2D eigenvalue weighted by atomic mass is 32.1. The maximum absolute atomic E-state index is 12.9. The molecule has 0 aliphatic carbocycles. The molecule has 3 rings (SSSR count). The molecule has 2 amide bonds. The van der Waals surface area contributed by atoms with E-state index in [1.807, 2.05) is 0 Å². The number of carbonyl (C=O) groups excluding carboxylic acids is 2. The lowest BCUT2D eigenvalue weighted by molar-refractivity contribution is -0.386. The number of hydrogen-bond donors (Lipinski definition) is 2. The third-order valence-electron chi connectivity index (χ3n) is 3.92. The second kappa shape index (κ2) is 7.45. The van der Waals surface area contributed by atoms with Gasteiger partial charge in [0.1, 0.15) is 5.57 Å². The van der Waals surface area contributed by atoms with Gasteiger partial charge in [-0.2, -0.15) is 0 Å². The number of carbonyl (C=O) groups is 2. The van der Waals surface area contributed by atoms with Crippen LogP contribution in [0.4, 0.5) is 11.4 Å². The first kappa shape index (κ1) is 19.0. The number of anilines is 1. The van der Waals surface area contributed by atoms with Gasteiger partial charge in [0.05, 0.1) is 17.7 Å². The monoisotopic (exact) mass is 399 g/mol. The third-order valence-corrected chi connectivity index (χ3v) is 4.21. The van der Waals surface area contributed by atoms with E-state index in [9.17, 15) is 24.8 Å². The lowest BCUT2D eigenvalue weighted by Crippen LogP contribution is -2.54. The molecule has 1 aliphatic heterocycles. The lowest BCUT2D eigenvalue weighted by Gasteiger charge is -2.28. The summed E-state index contributed by atoms with van der Waals surface area (Å²) in [7, 11) is 1.23. The van der Waals surface area contributed by atoms with Crippen LogP contribution in [-0.4, -0.2) is 34.1 Å². The number of nitro groups is 1. The summed E-state index contributed by atoms with van der Waals surface area (Å²) in [6, 6.07) is 10.8. The van der Waals surface area contributed by atoms with E-state index in [1.54, 1.807) is 30.3 Å². The van der Waals surface area contributed by atoms with Crippen molar-refractivity contribution in [2.45, 2.75) is 0 Å². The highest BCUT2D eigenvalue weighted by Crippen LogP contribution is 2.37. The van der Waals surface area contributed by atoms with Gasteiger partial charge >= 0.3 is 5.69 Å². The van der Waals surface area contributed by atoms with Gasteiger partial charge in [0.2, 0.25) is 5.75 Å². The molecule has 0 atom stereocenters. The van der Waals surface area contributed by atoms with Gasteiger partial charge < -0.3 is 9.84 Å². The van der Waals surface area contributed by atoms with Crippen molar-refractivity contribution in [2.75, 3.05) is 12.0 Å². The van der Waals surface area contributed by atoms with Crippen LogP contribution >= 0.6 is 12.2 Å². The summed E-state index contributed by atoms with van der Waals surface area (Å²) in [6.45, 7) is 0. The number of ether oxygens (including phenoxy) is 1. The quantitative estimate of drug-likeness (QED) is 0.265. The Bertz CT molecular complexity index is 1040. The lowest BCUT2D eigenvalue weighted by atomic mass is 10.1. The number of hydrogen-bond acceptors (Lipinski definition) is 7. The minimum Gasteiger partial charge on any atom is -0.500 e. The van der Waals surface area contributed by atoms with Gasteiger partial charge in [0.15, 0.2) is 10.9 Å². The minimum atomic E-state index is -0.798. The summed E-state index contributed by atoms with van der Waals surface area (Å²) in [4.78, 5) is 36.7. The number of amides is 2. The molecular weight excluding hydrogens is 386 g/mol. The van der Waals surface area contributed by atoms with Gasteiger partial charge in [0, 0.05) is 6.07 Å². The van der Waals surface area contributed by atoms with E-state index in [2.05, 4.69) is 5.32 Å². The molecule has 0 radical (unpaired) electrons. The van der Waals surface area contributed by atoms with Crippen molar-refractivity contribution in [3.63, 3.8) is 0 Å². The van der Waals surface area contributed by atoms with Crippen molar-refractivity contribution in [1.29, 1.82) is 0 Å². The number of aromatic hydroxyl groups is 1. The summed E-state index contributed by atoms with van der Waals surface area (Å²) < 4.78 is 4.93. The molecule has 9 nitrogen and oxygen atoms in total. The predicted octanol–water partition coefficient (Wildman–Crippen LogP) is 2.14. The summed E-state index contributed by atoms with van der Waals surface area (Å²) >= 11 is 5.10. The van der Waals surface area contributed by atoms with Crippen LogP contribution in [0.2, 0.25) is 0 Å². The van der Waals surface area contributed by atoms with Gasteiger partial charge in [0.25, 0.3) is 11.8 Å². The first-order chi connectivity index (χ1) is 13.3. The summed E-state index contributed by atoms with van der Waals surface area (Å²) in [5.41, 5.74) is -0.317. The van der Waals surface area contributed by atoms with E-state index >= 15 is 0 Å². The van der Waals surface area contributed by atoms with Crippen LogP contribution in [0.1, 0.15) is 5.56 Å². The van der Waals surface area contributed by atoms with Crippen LogP contribution in [0, 0.1) is 10.1 Å². The van der Waals surface area contributed by atoms with Crippen LogP contribution in [0.15, 0.2) is 48.0 Å². The molecule has 1 fully saturated rings. The molecule has 142 valence electrons. The summed E-state index contributed by atoms with van der Waals surface area (Å²) in [5.74, 6) is -2.24. The first-order valence-electron chi connectivity index (χ1n) is 7.85. The van der Waals surface area contributed by atoms with E-state index in [0.29, 0.717) is 5.69 Å². The van der Waals surface area contributed by atoms with Gasteiger partial charge in [-0.15, -0.1) is 0 Å². The molecule has 1 heterocycles. The highest BCUT2D eigenvalue weighted by molar-refractivity contribution is 7.80. The standard InChI is InChI=1S/C18H13N3O6S/c1-27-14-9-10(8-13(15(14)22)21(25)26)7-12-16(23)19-18(28)20(17(12)24)11-5-3-2-4-6-11/h2-9,22H,1H3,(H,19,23,28). The molecule has 1 aliphatic rings. The molecule has 0 unspecified atom stereocenters. The number of nitrogens with one attached hydrogen (secondary N) is 1. The number of thiocarbonyl (C=S) groups is 1. The first-order valence-corrected chi connectivity index (χ1v) is 8.26. The molecule has 2 aromatic carbocycles. The fraction of sp³-hybridized carbons (Fsp3) is 0.0556. The van der Waals surface area contributed by atoms with Crippen LogP contribution in [0.5, 0.6) is 11.5 Å². The zero-order chi connectivity index (χ0) is 20.4. The normalized spacial score (nSPS) is 15.5. The van der Waals surface area contributed by atoms with Crippen LogP contribution < -0.4 is 15.0 Å². The topological polar surface area (TPSA) is 122 Å². The zero-order valence-corrected chi connectivity index (χ0v) is 15.2. The number of nitrogens with zero attached hydrogens (tertiary/aromatic N) is 2. The average Bonchev–Trinajstić information content (AvgIpc) is 2.66. The Morgan fingerprint density at radius 3 is 2.54 bits per heavy atom. The SMILES string of the molecule is COc1cc(C=C2C(=O)NC(=S)N(c3ccccc3)C2=O)cc([N+](=O)[O-])c1O. The number of phenolic OH excluding ortho intramolecular Hbond substituents is 1. The van der Waals surface area contributed by atoms with Crippen LogP contribution in [-0.2, 0) is 9.59 Å². The smallest absolute Gasteiger partial charge is 0.315 e. The fourth-order valence-electron chi connectivity index (χ4n) is 2.63. The van der Waals surface area contributed by atoms with Crippen molar-refractivity contribution < 1.29 is 24.4 Å². The van der Waals surface area contributed by atoms with Crippen LogP contribution in [0.3, 0.4) is 0 Å². The van der Waals surface area contributed by atoms with Gasteiger partial charge in [-0.1, -0.05) is 18.2 Å². The molecule has 0 aromatic heterocycles. The van der Waals surface area contributed by atoms with Crippen molar-refractivity contribution >= 4 is 46.6 Å². The molecule has 10 heteroatoms. The van der Waals surface area contributed by atoms with Crippen molar-refractivity contribution in [2.24, 2.45) is 0 Å². The third kappa shape index (κ3) is 3.40. The van der Waals surface area contributed by atoms with Gasteiger partial charge in [-0.3, -0.25) is 29.9 Å². The largest absolute Gasteiger partial charge is 0.500 e. The molecule has 2 aromatic rings. The van der Waals surface area contributed by atoms with E-state index < -0.39 is 28.2 Å². The Balaban J connectivity index is 2.09. The molecule has 0 saturated carbocycles. The van der Waals surface area contributed by atoms with Crippen molar-refractivity contribution in [3.8, 4) is 11.5 Å². The fourth-order valence-corrected chi connectivity index (χ4v) is 2.91. The number of methoxy groups -OCH3 is 1. The number of phenols is 1.